The van der Waals surface area contributed by atoms with Crippen molar-refractivity contribution in [3.63, 3.8) is 0 Å². The fourth-order valence-corrected chi connectivity index (χ4v) is 2.85. The summed E-state index contributed by atoms with van der Waals surface area (Å²) in [7, 11) is 0. The van der Waals surface area contributed by atoms with Crippen molar-refractivity contribution in [3.8, 4) is 0 Å². The van der Waals surface area contributed by atoms with Crippen LogP contribution in [-0.2, 0) is 0 Å². The summed E-state index contributed by atoms with van der Waals surface area (Å²) in [5, 5.41) is 7.14. The van der Waals surface area contributed by atoms with Gasteiger partial charge in [-0.15, -0.1) is 0 Å². The number of benzene rings is 1. The zero-order valence-electron chi connectivity index (χ0n) is 9.79. The average molecular weight is 217 g/mol. The van der Waals surface area contributed by atoms with Crippen molar-refractivity contribution >= 4 is 11.4 Å². The summed E-state index contributed by atoms with van der Waals surface area (Å²) in [6.07, 6.45) is 1.16. The SMILES string of the molecule is CC[C@@H]1NCCN2CCNc3cccc1c32. The van der Waals surface area contributed by atoms with Gasteiger partial charge in [-0.05, 0) is 18.1 Å². The summed E-state index contributed by atoms with van der Waals surface area (Å²) < 4.78 is 0. The van der Waals surface area contributed by atoms with Crippen molar-refractivity contribution in [2.45, 2.75) is 19.4 Å². The molecule has 2 N–H and O–H groups in total. The highest BCUT2D eigenvalue weighted by Crippen LogP contribution is 2.38. The number of anilines is 2. The normalized spacial score (nSPS) is 23.3. The molecule has 86 valence electrons. The van der Waals surface area contributed by atoms with Gasteiger partial charge < -0.3 is 15.5 Å². The molecule has 2 aliphatic heterocycles. The molecule has 3 rings (SSSR count). The highest BCUT2D eigenvalue weighted by atomic mass is 15.2. The number of nitrogens with zero attached hydrogens (tertiary/aromatic N) is 1. The fourth-order valence-electron chi connectivity index (χ4n) is 2.85. The lowest BCUT2D eigenvalue weighted by Crippen LogP contribution is -2.36. The minimum Gasteiger partial charge on any atom is -0.382 e. The molecule has 0 saturated carbocycles. The van der Waals surface area contributed by atoms with Crippen molar-refractivity contribution in [3.05, 3.63) is 23.8 Å². The van der Waals surface area contributed by atoms with E-state index in [1.165, 1.54) is 16.9 Å². The molecule has 1 atom stereocenters. The standard InChI is InChI=1S/C13H19N3/c1-2-11-10-4-3-5-12-13(10)16(8-6-14-11)9-7-15-12/h3-5,11,14-15H,2,6-9H2,1H3/t11-/m0/s1. The molecule has 0 saturated heterocycles. The van der Waals surface area contributed by atoms with E-state index in [9.17, 15) is 0 Å². The van der Waals surface area contributed by atoms with E-state index in [0.717, 1.165) is 32.6 Å². The van der Waals surface area contributed by atoms with Gasteiger partial charge in [0.15, 0.2) is 0 Å². The lowest BCUT2D eigenvalue weighted by atomic mass is 10.00. The third-order valence-corrected chi connectivity index (χ3v) is 3.64. The maximum atomic E-state index is 3.64. The maximum Gasteiger partial charge on any atom is 0.0651 e. The number of para-hydroxylation sites is 1. The number of rotatable bonds is 1. The molecule has 1 aromatic carbocycles. The molecule has 16 heavy (non-hydrogen) atoms. The van der Waals surface area contributed by atoms with E-state index in [2.05, 4.69) is 40.7 Å². The Kier molecular flexibility index (Phi) is 2.48. The molecule has 0 aliphatic carbocycles. The summed E-state index contributed by atoms with van der Waals surface area (Å²) in [5.41, 5.74) is 4.21. The minimum atomic E-state index is 0.514. The van der Waals surface area contributed by atoms with Gasteiger partial charge in [-0.1, -0.05) is 19.1 Å². The molecule has 1 aromatic rings. The second kappa shape index (κ2) is 3.98. The first kappa shape index (κ1) is 9.97. The van der Waals surface area contributed by atoms with Gasteiger partial charge in [-0.25, -0.2) is 0 Å². The van der Waals surface area contributed by atoms with Crippen molar-refractivity contribution < 1.29 is 0 Å². The van der Waals surface area contributed by atoms with Crippen molar-refractivity contribution in [1.82, 2.24) is 5.32 Å². The van der Waals surface area contributed by atoms with Gasteiger partial charge in [0.2, 0.25) is 0 Å². The molecule has 3 heteroatoms. The Labute approximate surface area is 96.8 Å². The lowest BCUT2D eigenvalue weighted by molar-refractivity contribution is 0.537. The van der Waals surface area contributed by atoms with Crippen LogP contribution >= 0.6 is 0 Å². The van der Waals surface area contributed by atoms with Crippen molar-refractivity contribution in [1.29, 1.82) is 0 Å². The third kappa shape index (κ3) is 1.47. The van der Waals surface area contributed by atoms with Gasteiger partial charge in [0.25, 0.3) is 0 Å². The summed E-state index contributed by atoms with van der Waals surface area (Å²) in [6, 6.07) is 7.15. The summed E-state index contributed by atoms with van der Waals surface area (Å²) >= 11 is 0. The molecule has 0 spiro atoms. The van der Waals surface area contributed by atoms with Crippen molar-refractivity contribution in [2.24, 2.45) is 0 Å². The molecule has 0 unspecified atom stereocenters. The van der Waals surface area contributed by atoms with Crippen molar-refractivity contribution in [2.75, 3.05) is 36.4 Å². The predicted octanol–water partition coefficient (Wildman–Crippen LogP) is 1.97. The van der Waals surface area contributed by atoms with E-state index < -0.39 is 0 Å². The molecule has 3 nitrogen and oxygen atoms in total. The van der Waals surface area contributed by atoms with Crippen LogP contribution in [0.2, 0.25) is 0 Å². The molecule has 0 radical (unpaired) electrons. The van der Waals surface area contributed by atoms with Gasteiger partial charge in [0.1, 0.15) is 0 Å². The van der Waals surface area contributed by atoms with Crippen LogP contribution in [0.5, 0.6) is 0 Å². The molecule has 0 amide bonds. The van der Waals surface area contributed by atoms with Crippen LogP contribution in [0.1, 0.15) is 24.9 Å². The summed E-state index contributed by atoms with van der Waals surface area (Å²) in [5.74, 6) is 0. The highest BCUT2D eigenvalue weighted by Gasteiger charge is 2.25. The predicted molar refractivity (Wildman–Crippen MR) is 68.2 cm³/mol. The Morgan fingerprint density at radius 1 is 1.31 bits per heavy atom. The van der Waals surface area contributed by atoms with Crippen LogP contribution in [0.3, 0.4) is 0 Å². The third-order valence-electron chi connectivity index (χ3n) is 3.64. The highest BCUT2D eigenvalue weighted by molar-refractivity contribution is 5.76. The van der Waals surface area contributed by atoms with E-state index in [1.807, 2.05) is 0 Å². The Balaban J connectivity index is 2.12. The van der Waals surface area contributed by atoms with E-state index in [0.29, 0.717) is 6.04 Å². The number of hydrogen-bond donors (Lipinski definition) is 2. The lowest BCUT2D eigenvalue weighted by Gasteiger charge is -2.32. The van der Waals surface area contributed by atoms with Crippen LogP contribution in [-0.4, -0.2) is 26.2 Å². The van der Waals surface area contributed by atoms with E-state index in [1.54, 1.807) is 0 Å². The average Bonchev–Trinajstić information content (AvgIpc) is 2.51. The number of hydrogen-bond acceptors (Lipinski definition) is 3. The van der Waals surface area contributed by atoms with Crippen LogP contribution in [0, 0.1) is 0 Å². The smallest absolute Gasteiger partial charge is 0.0651 e. The summed E-state index contributed by atoms with van der Waals surface area (Å²) in [6.45, 7) is 6.66. The van der Waals surface area contributed by atoms with Gasteiger partial charge in [-0.3, -0.25) is 0 Å². The van der Waals surface area contributed by atoms with E-state index in [4.69, 9.17) is 0 Å². The van der Waals surface area contributed by atoms with Gasteiger partial charge >= 0.3 is 0 Å². The molecule has 0 fully saturated rings. The molecule has 0 bridgehead atoms. The van der Waals surface area contributed by atoms with E-state index >= 15 is 0 Å². The van der Waals surface area contributed by atoms with Crippen LogP contribution in [0.4, 0.5) is 11.4 Å². The molecule has 0 aromatic heterocycles. The fraction of sp³-hybridized carbons (Fsp3) is 0.538. The monoisotopic (exact) mass is 217 g/mol. The van der Waals surface area contributed by atoms with Crippen LogP contribution in [0.25, 0.3) is 0 Å². The quantitative estimate of drug-likeness (QED) is 0.753. The largest absolute Gasteiger partial charge is 0.382 e. The Morgan fingerprint density at radius 2 is 2.19 bits per heavy atom. The molecule has 2 aliphatic rings. The number of nitrogens with one attached hydrogen (secondary N) is 2. The second-order valence-corrected chi connectivity index (χ2v) is 4.57. The van der Waals surface area contributed by atoms with Gasteiger partial charge in [-0.2, -0.15) is 0 Å². The van der Waals surface area contributed by atoms with Gasteiger partial charge in [0, 0.05) is 32.2 Å². The zero-order valence-corrected chi connectivity index (χ0v) is 9.79. The second-order valence-electron chi connectivity index (χ2n) is 4.57. The molecular formula is C13H19N3. The van der Waals surface area contributed by atoms with Crippen LogP contribution in [0.15, 0.2) is 18.2 Å². The first-order valence-corrected chi connectivity index (χ1v) is 6.25. The zero-order chi connectivity index (χ0) is 11.0. The Hall–Kier alpha value is -1.22. The van der Waals surface area contributed by atoms with E-state index in [-0.39, 0.29) is 0 Å². The Bertz CT molecular complexity index is 389. The maximum absolute atomic E-state index is 3.64. The summed E-state index contributed by atoms with van der Waals surface area (Å²) in [4.78, 5) is 2.52. The minimum absolute atomic E-state index is 0.514. The first-order valence-electron chi connectivity index (χ1n) is 6.25. The first-order chi connectivity index (χ1) is 7.90. The molecule has 2 heterocycles. The molecular weight excluding hydrogens is 198 g/mol. The topological polar surface area (TPSA) is 27.3 Å². The van der Waals surface area contributed by atoms with Crippen LogP contribution < -0.4 is 15.5 Å². The Morgan fingerprint density at radius 3 is 3.06 bits per heavy atom. The van der Waals surface area contributed by atoms with Gasteiger partial charge in [0.05, 0.1) is 11.4 Å².